The summed E-state index contributed by atoms with van der Waals surface area (Å²) in [6.45, 7) is 1.45. The van der Waals surface area contributed by atoms with E-state index in [-0.39, 0.29) is 17.6 Å². The Hall–Kier alpha value is -2.35. The fourth-order valence-electron chi connectivity index (χ4n) is 4.12. The molecule has 1 aromatic carbocycles. The van der Waals surface area contributed by atoms with Crippen LogP contribution >= 0.6 is 11.8 Å². The van der Waals surface area contributed by atoms with Crippen molar-refractivity contribution in [2.45, 2.75) is 43.9 Å². The van der Waals surface area contributed by atoms with Gasteiger partial charge in [-0.1, -0.05) is 24.2 Å². The van der Waals surface area contributed by atoms with E-state index in [1.54, 1.807) is 18.2 Å². The summed E-state index contributed by atoms with van der Waals surface area (Å²) in [5.74, 6) is 1.97. The van der Waals surface area contributed by atoms with Crippen molar-refractivity contribution in [1.82, 2.24) is 15.5 Å². The molecule has 2 fully saturated rings. The summed E-state index contributed by atoms with van der Waals surface area (Å²) in [5, 5.41) is 14.3. The number of aromatic nitrogens is 2. The van der Waals surface area contributed by atoms with Gasteiger partial charge in [-0.3, -0.25) is 9.59 Å². The van der Waals surface area contributed by atoms with Gasteiger partial charge in [0.25, 0.3) is 5.22 Å². The average Bonchev–Trinajstić information content (AvgIpc) is 3.36. The Morgan fingerprint density at radius 3 is 2.89 bits per heavy atom. The van der Waals surface area contributed by atoms with Gasteiger partial charge in [-0.15, -0.1) is 10.2 Å². The van der Waals surface area contributed by atoms with Crippen LogP contribution in [0.3, 0.4) is 0 Å². The molecular weight excluding hydrogens is 364 g/mol. The van der Waals surface area contributed by atoms with Crippen LogP contribution in [0.25, 0.3) is 11.5 Å². The van der Waals surface area contributed by atoms with Gasteiger partial charge in [0.1, 0.15) is 0 Å². The summed E-state index contributed by atoms with van der Waals surface area (Å²) >= 11 is 1.24. The van der Waals surface area contributed by atoms with E-state index in [9.17, 15) is 9.59 Å². The second-order valence-electron chi connectivity index (χ2n) is 7.27. The highest BCUT2D eigenvalue weighted by Gasteiger charge is 2.40. The standard InChI is InChI=1S/C19H22N4O3S/c1-11(24)20-15-4-2-3-14(9-15)18-22-23-19(26-18)27-10-17(25)21-16-8-12-5-6-13(16)7-12/h2-4,9,12-13,16H,5-8,10H2,1H3,(H,20,24)(H,21,25)/t12-,13-,16+/m0/s1. The zero-order chi connectivity index (χ0) is 18.8. The van der Waals surface area contributed by atoms with Crippen molar-refractivity contribution in [2.75, 3.05) is 11.1 Å². The molecular formula is C19H22N4O3S. The van der Waals surface area contributed by atoms with Crippen molar-refractivity contribution in [2.24, 2.45) is 11.8 Å². The van der Waals surface area contributed by atoms with Crippen molar-refractivity contribution in [3.05, 3.63) is 24.3 Å². The summed E-state index contributed by atoms with van der Waals surface area (Å²) in [6, 6.07) is 7.53. The largest absolute Gasteiger partial charge is 0.411 e. The molecule has 8 heteroatoms. The monoisotopic (exact) mass is 386 g/mol. The molecule has 2 saturated carbocycles. The van der Waals surface area contributed by atoms with Crippen molar-refractivity contribution < 1.29 is 14.0 Å². The van der Waals surface area contributed by atoms with E-state index >= 15 is 0 Å². The van der Waals surface area contributed by atoms with E-state index in [4.69, 9.17) is 4.42 Å². The predicted molar refractivity (Wildman–Crippen MR) is 102 cm³/mol. The molecule has 3 atom stereocenters. The Kier molecular flexibility index (Phi) is 5.15. The second kappa shape index (κ2) is 7.72. The van der Waals surface area contributed by atoms with E-state index in [1.165, 1.54) is 37.9 Å². The van der Waals surface area contributed by atoms with Crippen LogP contribution in [-0.2, 0) is 9.59 Å². The number of benzene rings is 1. The first kappa shape index (κ1) is 18.0. The molecule has 2 aromatic rings. The van der Waals surface area contributed by atoms with Gasteiger partial charge in [-0.05, 0) is 49.3 Å². The lowest BCUT2D eigenvalue weighted by molar-refractivity contribution is -0.119. The van der Waals surface area contributed by atoms with Crippen LogP contribution in [0.15, 0.2) is 33.9 Å². The number of carbonyl (C=O) groups excluding carboxylic acids is 2. The molecule has 0 unspecified atom stereocenters. The SMILES string of the molecule is CC(=O)Nc1cccc(-c2nnc(SCC(=O)N[C@@H]3C[C@H]4CC[C@H]3C4)o2)c1. The van der Waals surface area contributed by atoms with Gasteiger partial charge in [0, 0.05) is 24.2 Å². The lowest BCUT2D eigenvalue weighted by atomic mass is 9.95. The fourth-order valence-corrected chi connectivity index (χ4v) is 4.69. The molecule has 2 aliphatic carbocycles. The Labute approximate surface area is 161 Å². The van der Waals surface area contributed by atoms with Gasteiger partial charge in [-0.2, -0.15) is 0 Å². The molecule has 27 heavy (non-hydrogen) atoms. The number of rotatable bonds is 6. The van der Waals surface area contributed by atoms with E-state index in [0.717, 1.165) is 12.3 Å². The molecule has 2 N–H and O–H groups in total. The highest BCUT2D eigenvalue weighted by Crippen LogP contribution is 2.44. The number of anilines is 1. The van der Waals surface area contributed by atoms with Crippen LogP contribution in [-0.4, -0.2) is 33.8 Å². The maximum absolute atomic E-state index is 12.2. The minimum Gasteiger partial charge on any atom is -0.411 e. The van der Waals surface area contributed by atoms with E-state index in [0.29, 0.717) is 34.3 Å². The summed E-state index contributed by atoms with van der Waals surface area (Å²) < 4.78 is 5.65. The number of thioether (sulfide) groups is 1. The van der Waals surface area contributed by atoms with Crippen LogP contribution in [0, 0.1) is 11.8 Å². The molecule has 0 radical (unpaired) electrons. The number of hydrogen-bond acceptors (Lipinski definition) is 6. The molecule has 2 bridgehead atoms. The number of hydrogen-bond donors (Lipinski definition) is 2. The Morgan fingerprint density at radius 1 is 1.26 bits per heavy atom. The van der Waals surface area contributed by atoms with Gasteiger partial charge >= 0.3 is 0 Å². The molecule has 0 spiro atoms. The lowest BCUT2D eigenvalue weighted by Crippen LogP contribution is -2.39. The van der Waals surface area contributed by atoms with Crippen LogP contribution in [0.2, 0.25) is 0 Å². The first-order valence-corrected chi connectivity index (χ1v) is 10.2. The third kappa shape index (κ3) is 4.32. The molecule has 4 rings (SSSR count). The van der Waals surface area contributed by atoms with Crippen molar-refractivity contribution >= 4 is 29.3 Å². The van der Waals surface area contributed by atoms with Crippen LogP contribution < -0.4 is 10.6 Å². The smallest absolute Gasteiger partial charge is 0.277 e. The van der Waals surface area contributed by atoms with Crippen LogP contribution in [0.4, 0.5) is 5.69 Å². The number of carbonyl (C=O) groups is 2. The molecule has 1 heterocycles. The van der Waals surface area contributed by atoms with E-state index < -0.39 is 0 Å². The first-order valence-electron chi connectivity index (χ1n) is 9.20. The van der Waals surface area contributed by atoms with Crippen LogP contribution in [0.5, 0.6) is 0 Å². The number of amides is 2. The quantitative estimate of drug-likeness (QED) is 0.741. The third-order valence-electron chi connectivity index (χ3n) is 5.25. The van der Waals surface area contributed by atoms with Crippen LogP contribution in [0.1, 0.15) is 32.6 Å². The van der Waals surface area contributed by atoms with Crippen molar-refractivity contribution in [3.8, 4) is 11.5 Å². The molecule has 0 saturated heterocycles. The lowest BCUT2D eigenvalue weighted by Gasteiger charge is -2.22. The van der Waals surface area contributed by atoms with Crippen molar-refractivity contribution in [1.29, 1.82) is 0 Å². The predicted octanol–water partition coefficient (Wildman–Crippen LogP) is 3.09. The highest BCUT2D eigenvalue weighted by molar-refractivity contribution is 7.99. The summed E-state index contributed by atoms with van der Waals surface area (Å²) in [7, 11) is 0. The summed E-state index contributed by atoms with van der Waals surface area (Å²) in [4.78, 5) is 23.4. The summed E-state index contributed by atoms with van der Waals surface area (Å²) in [6.07, 6.45) is 4.95. The Morgan fingerprint density at radius 2 is 2.15 bits per heavy atom. The molecule has 142 valence electrons. The maximum atomic E-state index is 12.2. The maximum Gasteiger partial charge on any atom is 0.277 e. The van der Waals surface area contributed by atoms with E-state index in [2.05, 4.69) is 20.8 Å². The molecule has 2 aliphatic rings. The first-order chi connectivity index (χ1) is 13.1. The summed E-state index contributed by atoms with van der Waals surface area (Å²) in [5.41, 5.74) is 1.38. The second-order valence-corrected chi connectivity index (χ2v) is 8.20. The molecule has 1 aromatic heterocycles. The zero-order valence-corrected chi connectivity index (χ0v) is 15.9. The normalized spacial score (nSPS) is 23.4. The minimum absolute atomic E-state index is 0.0185. The topological polar surface area (TPSA) is 97.1 Å². The zero-order valence-electron chi connectivity index (χ0n) is 15.1. The average molecular weight is 386 g/mol. The Balaban J connectivity index is 1.31. The van der Waals surface area contributed by atoms with Gasteiger partial charge < -0.3 is 15.1 Å². The van der Waals surface area contributed by atoms with Gasteiger partial charge in [0.2, 0.25) is 17.7 Å². The number of nitrogens with one attached hydrogen (secondary N) is 2. The Bertz CT molecular complexity index is 853. The highest BCUT2D eigenvalue weighted by atomic mass is 32.2. The van der Waals surface area contributed by atoms with Gasteiger partial charge in [0.15, 0.2) is 0 Å². The van der Waals surface area contributed by atoms with E-state index in [1.807, 2.05) is 6.07 Å². The molecule has 7 nitrogen and oxygen atoms in total. The molecule has 2 amide bonds. The number of nitrogens with zero attached hydrogens (tertiary/aromatic N) is 2. The fraction of sp³-hybridized carbons (Fsp3) is 0.474. The van der Waals surface area contributed by atoms with Gasteiger partial charge in [0.05, 0.1) is 5.75 Å². The van der Waals surface area contributed by atoms with Gasteiger partial charge in [-0.25, -0.2) is 0 Å². The van der Waals surface area contributed by atoms with Crippen molar-refractivity contribution in [3.63, 3.8) is 0 Å². The minimum atomic E-state index is -0.143. The third-order valence-corrected chi connectivity index (χ3v) is 6.07. The molecule has 0 aliphatic heterocycles. The number of fused-ring (bicyclic) bond motifs is 2.